The minimum Gasteiger partial charge on any atom is -0.493 e. The molecule has 0 aliphatic heterocycles. The first-order chi connectivity index (χ1) is 9.99. The van der Waals surface area contributed by atoms with Crippen LogP contribution < -0.4 is 14.8 Å². The van der Waals surface area contributed by atoms with Gasteiger partial charge in [-0.25, -0.2) is 0 Å². The maximum absolute atomic E-state index is 5.87. The van der Waals surface area contributed by atoms with E-state index in [-0.39, 0.29) is 5.54 Å². The summed E-state index contributed by atoms with van der Waals surface area (Å²) < 4.78 is 16.3. The average Bonchev–Trinajstić information content (AvgIpc) is 2.95. The molecule has 0 unspecified atom stereocenters. The lowest BCUT2D eigenvalue weighted by Gasteiger charge is -2.22. The molecule has 2 rings (SSSR count). The molecule has 5 nitrogen and oxygen atoms in total. The maximum Gasteiger partial charge on any atom is 0.174 e. The lowest BCUT2D eigenvalue weighted by Crippen LogP contribution is -2.35. The van der Waals surface area contributed by atoms with Crippen LogP contribution in [0.1, 0.15) is 32.1 Å². The summed E-state index contributed by atoms with van der Waals surface area (Å²) in [7, 11) is 1.64. The zero-order valence-corrected chi connectivity index (χ0v) is 13.0. The number of para-hydroxylation sites is 1. The van der Waals surface area contributed by atoms with Crippen molar-refractivity contribution in [1.29, 1.82) is 0 Å². The maximum atomic E-state index is 5.87. The Morgan fingerprint density at radius 3 is 2.67 bits per heavy atom. The van der Waals surface area contributed by atoms with Crippen molar-refractivity contribution in [1.82, 2.24) is 10.5 Å². The van der Waals surface area contributed by atoms with Gasteiger partial charge in [-0.15, -0.1) is 0 Å². The molecule has 0 bridgehead atoms. The molecule has 0 radical (unpaired) electrons. The number of hydrogen-bond acceptors (Lipinski definition) is 5. The molecule has 5 heteroatoms. The van der Waals surface area contributed by atoms with E-state index in [0.717, 1.165) is 11.3 Å². The largest absolute Gasteiger partial charge is 0.493 e. The van der Waals surface area contributed by atoms with Crippen LogP contribution in [-0.4, -0.2) is 17.8 Å². The number of aromatic nitrogens is 1. The van der Waals surface area contributed by atoms with Crippen LogP contribution in [0.4, 0.5) is 0 Å². The fourth-order valence-corrected chi connectivity index (χ4v) is 1.85. The highest BCUT2D eigenvalue weighted by Gasteiger charge is 2.14. The molecule has 1 N–H and O–H groups in total. The van der Waals surface area contributed by atoms with E-state index < -0.39 is 0 Å². The van der Waals surface area contributed by atoms with Crippen LogP contribution in [0.25, 0.3) is 0 Å². The Labute approximate surface area is 125 Å². The molecule has 1 aromatic carbocycles. The fourth-order valence-electron chi connectivity index (χ4n) is 1.85. The quantitative estimate of drug-likeness (QED) is 0.885. The molecule has 0 spiro atoms. The minimum absolute atomic E-state index is 0.0330. The van der Waals surface area contributed by atoms with Gasteiger partial charge >= 0.3 is 0 Å². The van der Waals surface area contributed by atoms with E-state index in [9.17, 15) is 0 Å². The third-order valence-corrected chi connectivity index (χ3v) is 2.94. The summed E-state index contributed by atoms with van der Waals surface area (Å²) in [5.74, 6) is 2.12. The second-order valence-corrected chi connectivity index (χ2v) is 5.82. The van der Waals surface area contributed by atoms with Crippen molar-refractivity contribution in [2.75, 3.05) is 7.11 Å². The first kappa shape index (κ1) is 15.4. The van der Waals surface area contributed by atoms with Crippen LogP contribution in [0.3, 0.4) is 0 Å². The van der Waals surface area contributed by atoms with Gasteiger partial charge in [0.2, 0.25) is 0 Å². The van der Waals surface area contributed by atoms with Gasteiger partial charge in [0.15, 0.2) is 17.3 Å². The summed E-state index contributed by atoms with van der Waals surface area (Å²) in [6, 6.07) is 7.65. The van der Waals surface area contributed by atoms with Crippen LogP contribution in [-0.2, 0) is 13.2 Å². The second-order valence-electron chi connectivity index (χ2n) is 5.82. The van der Waals surface area contributed by atoms with Crippen molar-refractivity contribution in [3.05, 3.63) is 41.8 Å². The SMILES string of the molecule is COc1cccc(CNC(C)(C)C)c1OCc1ccno1. The molecule has 0 aliphatic rings. The Hall–Kier alpha value is -2.01. The second kappa shape index (κ2) is 6.63. The van der Waals surface area contributed by atoms with E-state index in [1.165, 1.54) is 0 Å². The molecular weight excluding hydrogens is 268 g/mol. The van der Waals surface area contributed by atoms with Gasteiger partial charge in [-0.2, -0.15) is 0 Å². The molecule has 21 heavy (non-hydrogen) atoms. The third kappa shape index (κ3) is 4.49. The lowest BCUT2D eigenvalue weighted by molar-refractivity contribution is 0.236. The van der Waals surface area contributed by atoms with Crippen molar-refractivity contribution < 1.29 is 14.0 Å². The van der Waals surface area contributed by atoms with E-state index in [2.05, 4.69) is 31.2 Å². The van der Waals surface area contributed by atoms with E-state index in [1.54, 1.807) is 19.4 Å². The molecule has 114 valence electrons. The number of hydrogen-bond donors (Lipinski definition) is 1. The first-order valence-corrected chi connectivity index (χ1v) is 6.93. The molecule has 0 aliphatic carbocycles. The third-order valence-electron chi connectivity index (χ3n) is 2.94. The van der Waals surface area contributed by atoms with Gasteiger partial charge < -0.3 is 19.3 Å². The Bertz CT molecular complexity index is 559. The molecule has 0 atom stereocenters. The highest BCUT2D eigenvalue weighted by atomic mass is 16.5. The van der Waals surface area contributed by atoms with Gasteiger partial charge in [0, 0.05) is 23.7 Å². The minimum atomic E-state index is 0.0330. The summed E-state index contributed by atoms with van der Waals surface area (Å²) in [6.45, 7) is 7.40. The van der Waals surface area contributed by atoms with Crippen molar-refractivity contribution in [2.24, 2.45) is 0 Å². The number of benzene rings is 1. The zero-order valence-electron chi connectivity index (χ0n) is 13.0. The Morgan fingerprint density at radius 2 is 2.05 bits per heavy atom. The number of methoxy groups -OCH3 is 1. The van der Waals surface area contributed by atoms with Gasteiger partial charge in [-0.3, -0.25) is 0 Å². The highest BCUT2D eigenvalue weighted by molar-refractivity contribution is 5.46. The van der Waals surface area contributed by atoms with E-state index >= 15 is 0 Å². The van der Waals surface area contributed by atoms with E-state index in [1.807, 2.05) is 18.2 Å². The normalized spacial score (nSPS) is 11.4. The van der Waals surface area contributed by atoms with Crippen molar-refractivity contribution in [3.63, 3.8) is 0 Å². The Morgan fingerprint density at radius 1 is 1.24 bits per heavy atom. The highest BCUT2D eigenvalue weighted by Crippen LogP contribution is 2.32. The van der Waals surface area contributed by atoms with Crippen molar-refractivity contribution in [2.45, 2.75) is 39.5 Å². The summed E-state index contributed by atoms with van der Waals surface area (Å²) >= 11 is 0. The van der Waals surface area contributed by atoms with Crippen LogP contribution in [0, 0.1) is 0 Å². The predicted molar refractivity (Wildman–Crippen MR) is 80.4 cm³/mol. The standard InChI is InChI=1S/C16H22N2O3/c1-16(2,3)17-10-12-6-5-7-14(19-4)15(12)20-11-13-8-9-18-21-13/h5-9,17H,10-11H2,1-4H3. The van der Waals surface area contributed by atoms with Gasteiger partial charge in [-0.05, 0) is 26.8 Å². The van der Waals surface area contributed by atoms with Crippen molar-refractivity contribution >= 4 is 0 Å². The monoisotopic (exact) mass is 290 g/mol. The van der Waals surface area contributed by atoms with Gasteiger partial charge in [0.05, 0.1) is 13.3 Å². The summed E-state index contributed by atoms with van der Waals surface area (Å²) in [6.07, 6.45) is 1.60. The van der Waals surface area contributed by atoms with Crippen LogP contribution in [0.5, 0.6) is 11.5 Å². The molecule has 0 amide bonds. The van der Waals surface area contributed by atoms with E-state index in [4.69, 9.17) is 14.0 Å². The molecule has 0 saturated carbocycles. The Kier molecular flexibility index (Phi) is 4.85. The lowest BCUT2D eigenvalue weighted by atomic mass is 10.1. The smallest absolute Gasteiger partial charge is 0.174 e. The predicted octanol–water partition coefficient (Wildman–Crippen LogP) is 3.15. The molecular formula is C16H22N2O3. The summed E-state index contributed by atoms with van der Waals surface area (Å²) in [5.41, 5.74) is 1.08. The van der Waals surface area contributed by atoms with Gasteiger partial charge in [0.1, 0.15) is 6.61 Å². The molecule has 1 aromatic heterocycles. The van der Waals surface area contributed by atoms with Crippen LogP contribution >= 0.6 is 0 Å². The molecule has 0 saturated heterocycles. The molecule has 1 heterocycles. The number of ether oxygens (including phenoxy) is 2. The molecule has 0 fully saturated rings. The van der Waals surface area contributed by atoms with Gasteiger partial charge in [0.25, 0.3) is 0 Å². The topological polar surface area (TPSA) is 56.5 Å². The number of nitrogens with zero attached hydrogens (tertiary/aromatic N) is 1. The molecule has 2 aromatic rings. The Balaban J connectivity index is 2.15. The fraction of sp³-hybridized carbons (Fsp3) is 0.438. The average molecular weight is 290 g/mol. The van der Waals surface area contributed by atoms with Crippen LogP contribution in [0.2, 0.25) is 0 Å². The zero-order chi connectivity index (χ0) is 15.3. The first-order valence-electron chi connectivity index (χ1n) is 6.93. The number of nitrogens with one attached hydrogen (secondary N) is 1. The van der Waals surface area contributed by atoms with Crippen LogP contribution in [0.15, 0.2) is 35.0 Å². The summed E-state index contributed by atoms with van der Waals surface area (Å²) in [4.78, 5) is 0. The summed E-state index contributed by atoms with van der Waals surface area (Å²) in [5, 5.41) is 7.12. The van der Waals surface area contributed by atoms with E-state index in [0.29, 0.717) is 24.7 Å². The number of rotatable bonds is 6. The van der Waals surface area contributed by atoms with Gasteiger partial charge in [-0.1, -0.05) is 17.3 Å². The van der Waals surface area contributed by atoms with Crippen molar-refractivity contribution in [3.8, 4) is 11.5 Å².